The zero-order chi connectivity index (χ0) is 54.7. The fraction of sp³-hybridized carbons (Fsp3) is 0.221. The molecule has 0 aromatic heterocycles. The molecule has 10 rings (SSSR count). The Hall–Kier alpha value is -8.20. The first kappa shape index (κ1) is 54.2. The van der Waals surface area contributed by atoms with Crippen molar-refractivity contribution in [3.8, 4) is 55.6 Å². The Balaban J connectivity index is 1.11. The smallest absolute Gasteiger partial charge is 0.0496 e. The lowest BCUT2D eigenvalue weighted by Crippen LogP contribution is -2.14. The van der Waals surface area contributed by atoms with Crippen LogP contribution in [0.25, 0.3) is 55.6 Å². The van der Waals surface area contributed by atoms with E-state index in [1.165, 1.54) is 156 Å². The summed E-state index contributed by atoms with van der Waals surface area (Å²) < 4.78 is 0. The molecule has 0 saturated heterocycles. The van der Waals surface area contributed by atoms with Crippen molar-refractivity contribution in [3.63, 3.8) is 0 Å². The number of aryl methyl sites for hydroxylation is 7. The first-order valence-electron chi connectivity index (χ1n) is 29.2. The molecule has 0 aliphatic carbocycles. The van der Waals surface area contributed by atoms with Crippen molar-refractivity contribution >= 4 is 34.1 Å². The Morgan fingerprint density at radius 1 is 0.266 bits per heavy atom. The first-order valence-corrected chi connectivity index (χ1v) is 29.2. The van der Waals surface area contributed by atoms with E-state index in [0.29, 0.717) is 0 Å². The van der Waals surface area contributed by atoms with Crippen LogP contribution in [0.15, 0.2) is 224 Å². The third-order valence-electron chi connectivity index (χ3n) is 16.0. The first-order chi connectivity index (χ1) is 38.6. The highest BCUT2D eigenvalue weighted by atomic mass is 15.1. The fourth-order valence-corrected chi connectivity index (χ4v) is 11.5. The van der Waals surface area contributed by atoms with Crippen LogP contribution in [0.5, 0.6) is 0 Å². The molecule has 0 fully saturated rings. The Bertz CT molecular complexity index is 3590. The van der Waals surface area contributed by atoms with Crippen molar-refractivity contribution in [2.24, 2.45) is 0 Å². The molecule has 0 amide bonds. The molecule has 0 N–H and O–H groups in total. The van der Waals surface area contributed by atoms with Crippen molar-refractivity contribution in [2.75, 3.05) is 9.80 Å². The molecular weight excluding hydrogens is 953 g/mol. The molecule has 0 spiro atoms. The number of rotatable bonds is 21. The Morgan fingerprint density at radius 2 is 0.671 bits per heavy atom. The third-order valence-corrected chi connectivity index (χ3v) is 16.0. The van der Waals surface area contributed by atoms with Gasteiger partial charge in [0.05, 0.1) is 0 Å². The molecule has 0 aliphatic rings. The summed E-state index contributed by atoms with van der Waals surface area (Å²) in [6, 6.07) is 84.3. The minimum absolute atomic E-state index is 0.999. The quantitative estimate of drug-likeness (QED) is 0.0662. The molecule has 0 radical (unpaired) electrons. The van der Waals surface area contributed by atoms with Crippen molar-refractivity contribution < 1.29 is 0 Å². The topological polar surface area (TPSA) is 6.48 Å². The Kier molecular flexibility index (Phi) is 17.5. The van der Waals surface area contributed by atoms with Gasteiger partial charge >= 0.3 is 0 Å². The molecule has 79 heavy (non-hydrogen) atoms. The van der Waals surface area contributed by atoms with Gasteiger partial charge in [0.2, 0.25) is 0 Å². The molecule has 0 heterocycles. The minimum Gasteiger partial charge on any atom is -0.310 e. The summed E-state index contributed by atoms with van der Waals surface area (Å²) in [5, 5.41) is 0. The van der Waals surface area contributed by atoms with Gasteiger partial charge in [-0.05, 0) is 217 Å². The van der Waals surface area contributed by atoms with Crippen molar-refractivity contribution in [2.45, 2.75) is 113 Å². The average molecular weight is 1030 g/mol. The second-order valence-corrected chi connectivity index (χ2v) is 22.0. The summed E-state index contributed by atoms with van der Waals surface area (Å²) in [4.78, 5) is 5.03. The predicted molar refractivity (Wildman–Crippen MR) is 342 cm³/mol. The second kappa shape index (κ2) is 25.5. The van der Waals surface area contributed by atoms with E-state index < -0.39 is 0 Å². The standard InChI is InChI=1S/C77H78N2/c1-8-10-12-16-26-66-54-77(79(70-43-38-63(39-44-70)61-34-30-56(4)31-35-61)72-46-48-74(58(6)52-72)65-24-20-15-21-25-65)68(27-17-13-11-9-2)53-75(66)67-40-49-76(59(7)50-67)78(69-41-36-62(37-42-69)60-32-28-55(3)29-33-60)71-45-47-73(57(5)51-71)64-22-18-14-19-23-64/h14-15,18-25,28-54H,8-13,16-17,26-27H2,1-7H3. The lowest BCUT2D eigenvalue weighted by molar-refractivity contribution is 0.664. The van der Waals surface area contributed by atoms with Gasteiger partial charge in [0.15, 0.2) is 0 Å². The lowest BCUT2D eigenvalue weighted by atomic mass is 9.89. The van der Waals surface area contributed by atoms with Crippen molar-refractivity contribution in [1.29, 1.82) is 0 Å². The van der Waals surface area contributed by atoms with E-state index in [4.69, 9.17) is 0 Å². The Morgan fingerprint density at radius 3 is 1.10 bits per heavy atom. The molecule has 10 aromatic rings. The van der Waals surface area contributed by atoms with Crippen LogP contribution in [-0.2, 0) is 12.8 Å². The van der Waals surface area contributed by atoms with Gasteiger partial charge in [0, 0.05) is 34.1 Å². The minimum atomic E-state index is 0.999. The summed E-state index contributed by atoms with van der Waals surface area (Å²) in [5.74, 6) is 0. The summed E-state index contributed by atoms with van der Waals surface area (Å²) in [5.41, 5.74) is 28.7. The molecule has 396 valence electrons. The fourth-order valence-electron chi connectivity index (χ4n) is 11.5. The summed E-state index contributed by atoms with van der Waals surface area (Å²) in [6.45, 7) is 15.8. The molecule has 0 atom stereocenters. The van der Waals surface area contributed by atoms with Crippen LogP contribution < -0.4 is 9.80 Å². The molecule has 0 bridgehead atoms. The predicted octanol–water partition coefficient (Wildman–Crippen LogP) is 22.7. The van der Waals surface area contributed by atoms with E-state index in [1.807, 2.05) is 0 Å². The number of nitrogens with zero attached hydrogens (tertiary/aromatic N) is 2. The molecular formula is C77H78N2. The molecule has 0 aliphatic heterocycles. The largest absolute Gasteiger partial charge is 0.310 e. The lowest BCUT2D eigenvalue weighted by Gasteiger charge is -2.31. The maximum atomic E-state index is 2.59. The van der Waals surface area contributed by atoms with Gasteiger partial charge in [-0.3, -0.25) is 0 Å². The number of unbranched alkanes of at least 4 members (excludes halogenated alkanes) is 6. The SMILES string of the molecule is CCCCCCc1cc(N(c2ccc(-c3ccc(C)cc3)cc2)c2ccc(-c3ccccc3)c(C)c2)c(CCCCCC)cc1-c1ccc(N(c2ccc(-c3ccc(C)cc3)cc2)c2ccc(-c3ccccc3)c(C)c2)c(C)c1. The van der Waals surface area contributed by atoms with Crippen LogP contribution in [0, 0.1) is 34.6 Å². The molecule has 2 nitrogen and oxygen atoms in total. The highest BCUT2D eigenvalue weighted by Gasteiger charge is 2.23. The summed E-state index contributed by atoms with van der Waals surface area (Å²) in [6.07, 6.45) is 11.6. The van der Waals surface area contributed by atoms with Gasteiger partial charge in [-0.15, -0.1) is 0 Å². The number of benzene rings is 10. The van der Waals surface area contributed by atoms with Gasteiger partial charge in [-0.25, -0.2) is 0 Å². The van der Waals surface area contributed by atoms with Gasteiger partial charge in [-0.1, -0.05) is 215 Å². The molecule has 10 aromatic carbocycles. The van der Waals surface area contributed by atoms with Gasteiger partial charge in [0.25, 0.3) is 0 Å². The van der Waals surface area contributed by atoms with E-state index in [2.05, 4.69) is 283 Å². The number of hydrogen-bond donors (Lipinski definition) is 0. The van der Waals surface area contributed by atoms with E-state index in [1.54, 1.807) is 0 Å². The Labute approximate surface area is 473 Å². The monoisotopic (exact) mass is 1030 g/mol. The van der Waals surface area contributed by atoms with Gasteiger partial charge in [0.1, 0.15) is 0 Å². The normalized spacial score (nSPS) is 11.2. The highest BCUT2D eigenvalue weighted by molar-refractivity contribution is 5.87. The maximum Gasteiger partial charge on any atom is 0.0496 e. The summed E-state index contributed by atoms with van der Waals surface area (Å²) in [7, 11) is 0. The van der Waals surface area contributed by atoms with Crippen molar-refractivity contribution in [3.05, 3.63) is 263 Å². The zero-order valence-electron chi connectivity index (χ0n) is 47.8. The average Bonchev–Trinajstić information content (AvgIpc) is 3.61. The van der Waals surface area contributed by atoms with Crippen LogP contribution in [0.3, 0.4) is 0 Å². The number of hydrogen-bond acceptors (Lipinski definition) is 2. The van der Waals surface area contributed by atoms with Crippen LogP contribution in [0.2, 0.25) is 0 Å². The van der Waals surface area contributed by atoms with Crippen LogP contribution in [0.4, 0.5) is 34.1 Å². The number of anilines is 6. The molecule has 0 saturated carbocycles. The summed E-state index contributed by atoms with van der Waals surface area (Å²) >= 11 is 0. The van der Waals surface area contributed by atoms with Gasteiger partial charge in [-0.2, -0.15) is 0 Å². The van der Waals surface area contributed by atoms with Crippen molar-refractivity contribution in [1.82, 2.24) is 0 Å². The van der Waals surface area contributed by atoms with E-state index in [-0.39, 0.29) is 0 Å². The van der Waals surface area contributed by atoms with Crippen LogP contribution >= 0.6 is 0 Å². The van der Waals surface area contributed by atoms with E-state index in [9.17, 15) is 0 Å². The van der Waals surface area contributed by atoms with Crippen LogP contribution in [-0.4, -0.2) is 0 Å². The molecule has 2 heteroatoms. The molecule has 0 unspecified atom stereocenters. The van der Waals surface area contributed by atoms with E-state index >= 15 is 0 Å². The zero-order valence-corrected chi connectivity index (χ0v) is 47.8. The van der Waals surface area contributed by atoms with Crippen LogP contribution in [0.1, 0.15) is 104 Å². The van der Waals surface area contributed by atoms with Gasteiger partial charge < -0.3 is 9.80 Å². The van der Waals surface area contributed by atoms with E-state index in [0.717, 1.165) is 37.1 Å². The highest BCUT2D eigenvalue weighted by Crippen LogP contribution is 2.45. The maximum absolute atomic E-state index is 2.59. The second-order valence-electron chi connectivity index (χ2n) is 22.0. The third kappa shape index (κ3) is 12.7.